The van der Waals surface area contributed by atoms with E-state index in [-0.39, 0.29) is 5.91 Å². The van der Waals surface area contributed by atoms with Gasteiger partial charge in [-0.25, -0.2) is 0 Å². The molecule has 2 aromatic rings. The van der Waals surface area contributed by atoms with Crippen molar-refractivity contribution < 1.29 is 9.21 Å². The number of amides is 1. The van der Waals surface area contributed by atoms with Gasteiger partial charge < -0.3 is 9.32 Å². The van der Waals surface area contributed by atoms with E-state index in [2.05, 4.69) is 32.5 Å². The molecule has 3 rings (SSSR count). The van der Waals surface area contributed by atoms with E-state index in [0.717, 1.165) is 49.4 Å². The second kappa shape index (κ2) is 7.81. The minimum Gasteiger partial charge on any atom is -0.454 e. The molecule has 128 valence electrons. The SMILES string of the molecule is C=CCN1CCCN(C(=O)c2ccc(Cn3cc(Br)cn3)o2)CC1. The molecular formula is C17H21BrN4O2. The van der Waals surface area contributed by atoms with Crippen LogP contribution in [-0.2, 0) is 6.54 Å². The van der Waals surface area contributed by atoms with Crippen LogP contribution < -0.4 is 0 Å². The van der Waals surface area contributed by atoms with Crippen molar-refractivity contribution in [3.05, 3.63) is 53.2 Å². The van der Waals surface area contributed by atoms with E-state index in [0.29, 0.717) is 12.3 Å². The molecule has 0 radical (unpaired) electrons. The van der Waals surface area contributed by atoms with E-state index in [9.17, 15) is 4.79 Å². The predicted octanol–water partition coefficient (Wildman–Crippen LogP) is 2.62. The van der Waals surface area contributed by atoms with Crippen LogP contribution in [0.15, 0.2) is 46.1 Å². The molecule has 0 aromatic carbocycles. The molecule has 0 aliphatic carbocycles. The number of hydrogen-bond acceptors (Lipinski definition) is 4. The van der Waals surface area contributed by atoms with Crippen molar-refractivity contribution >= 4 is 21.8 Å². The number of halogens is 1. The number of nitrogens with zero attached hydrogens (tertiary/aromatic N) is 4. The van der Waals surface area contributed by atoms with Gasteiger partial charge in [0.1, 0.15) is 5.76 Å². The third-order valence-corrected chi connectivity index (χ3v) is 4.46. The van der Waals surface area contributed by atoms with E-state index in [4.69, 9.17) is 4.42 Å². The summed E-state index contributed by atoms with van der Waals surface area (Å²) in [6, 6.07) is 3.59. The normalized spacial score (nSPS) is 16.1. The van der Waals surface area contributed by atoms with Crippen molar-refractivity contribution in [2.75, 3.05) is 32.7 Å². The van der Waals surface area contributed by atoms with Crippen LogP contribution in [0.3, 0.4) is 0 Å². The number of carbonyl (C=O) groups is 1. The van der Waals surface area contributed by atoms with E-state index in [1.54, 1.807) is 16.9 Å². The summed E-state index contributed by atoms with van der Waals surface area (Å²) in [6.07, 6.45) is 6.46. The number of aromatic nitrogens is 2. The summed E-state index contributed by atoms with van der Waals surface area (Å²) in [7, 11) is 0. The fourth-order valence-electron chi connectivity index (χ4n) is 2.86. The molecule has 1 aliphatic rings. The quantitative estimate of drug-likeness (QED) is 0.733. The molecule has 24 heavy (non-hydrogen) atoms. The minimum atomic E-state index is -0.0386. The first-order valence-corrected chi connectivity index (χ1v) is 8.84. The number of hydrogen-bond donors (Lipinski definition) is 0. The lowest BCUT2D eigenvalue weighted by atomic mass is 10.3. The van der Waals surface area contributed by atoms with Gasteiger partial charge in [-0.3, -0.25) is 14.4 Å². The Morgan fingerprint density at radius 2 is 2.21 bits per heavy atom. The lowest BCUT2D eigenvalue weighted by Crippen LogP contribution is -2.35. The van der Waals surface area contributed by atoms with Crippen LogP contribution in [0.1, 0.15) is 22.7 Å². The second-order valence-electron chi connectivity index (χ2n) is 5.86. The average molecular weight is 393 g/mol. The Bertz CT molecular complexity index is 709. The zero-order valence-electron chi connectivity index (χ0n) is 13.5. The van der Waals surface area contributed by atoms with Crippen LogP contribution in [0, 0.1) is 0 Å². The van der Waals surface area contributed by atoms with Crippen molar-refractivity contribution in [3.63, 3.8) is 0 Å². The molecule has 1 aliphatic heterocycles. The molecule has 0 spiro atoms. The molecule has 1 fully saturated rings. The summed E-state index contributed by atoms with van der Waals surface area (Å²) in [4.78, 5) is 16.8. The van der Waals surface area contributed by atoms with Crippen molar-refractivity contribution in [2.24, 2.45) is 0 Å². The Labute approximate surface area is 149 Å². The Morgan fingerprint density at radius 3 is 2.96 bits per heavy atom. The van der Waals surface area contributed by atoms with Gasteiger partial charge in [-0.15, -0.1) is 6.58 Å². The van der Waals surface area contributed by atoms with Gasteiger partial charge in [0.2, 0.25) is 0 Å². The molecule has 0 bridgehead atoms. The topological polar surface area (TPSA) is 54.5 Å². The lowest BCUT2D eigenvalue weighted by Gasteiger charge is -2.20. The first kappa shape index (κ1) is 17.0. The summed E-state index contributed by atoms with van der Waals surface area (Å²) in [6.45, 7) is 8.49. The van der Waals surface area contributed by atoms with Crippen molar-refractivity contribution in [2.45, 2.75) is 13.0 Å². The third-order valence-electron chi connectivity index (χ3n) is 4.06. The minimum absolute atomic E-state index is 0.0386. The van der Waals surface area contributed by atoms with Crippen LogP contribution in [0.5, 0.6) is 0 Å². The monoisotopic (exact) mass is 392 g/mol. The maximum absolute atomic E-state index is 12.7. The molecule has 0 N–H and O–H groups in total. The summed E-state index contributed by atoms with van der Waals surface area (Å²) < 4.78 is 8.41. The van der Waals surface area contributed by atoms with Crippen LogP contribution in [0.25, 0.3) is 0 Å². The molecule has 2 aromatic heterocycles. The van der Waals surface area contributed by atoms with Crippen LogP contribution >= 0.6 is 15.9 Å². The van der Waals surface area contributed by atoms with E-state index in [1.807, 2.05) is 23.2 Å². The van der Waals surface area contributed by atoms with Gasteiger partial charge in [-0.2, -0.15) is 5.10 Å². The van der Waals surface area contributed by atoms with Crippen LogP contribution in [0.4, 0.5) is 0 Å². The van der Waals surface area contributed by atoms with Gasteiger partial charge in [0, 0.05) is 38.9 Å². The third kappa shape index (κ3) is 4.15. The Morgan fingerprint density at radius 1 is 1.33 bits per heavy atom. The predicted molar refractivity (Wildman–Crippen MR) is 94.9 cm³/mol. The highest BCUT2D eigenvalue weighted by molar-refractivity contribution is 9.10. The van der Waals surface area contributed by atoms with E-state index in [1.165, 1.54) is 0 Å². The summed E-state index contributed by atoms with van der Waals surface area (Å²) in [5.74, 6) is 1.08. The highest BCUT2D eigenvalue weighted by Crippen LogP contribution is 2.15. The molecule has 1 amide bonds. The van der Waals surface area contributed by atoms with Gasteiger partial charge >= 0.3 is 0 Å². The van der Waals surface area contributed by atoms with Crippen LogP contribution in [-0.4, -0.2) is 58.2 Å². The first-order chi connectivity index (χ1) is 11.7. The van der Waals surface area contributed by atoms with E-state index < -0.39 is 0 Å². The Hall–Kier alpha value is -1.86. The van der Waals surface area contributed by atoms with Gasteiger partial charge in [0.05, 0.1) is 17.2 Å². The van der Waals surface area contributed by atoms with Crippen molar-refractivity contribution in [3.8, 4) is 0 Å². The fourth-order valence-corrected chi connectivity index (χ4v) is 3.19. The van der Waals surface area contributed by atoms with Gasteiger partial charge in [-0.1, -0.05) is 6.08 Å². The van der Waals surface area contributed by atoms with Gasteiger partial charge in [0.15, 0.2) is 5.76 Å². The molecule has 3 heterocycles. The lowest BCUT2D eigenvalue weighted by molar-refractivity contribution is 0.0728. The Balaban J connectivity index is 1.61. The number of furan rings is 1. The standard InChI is InChI=1S/C17H21BrN4O2/c1-2-6-20-7-3-8-21(10-9-20)17(23)16-5-4-15(24-16)13-22-12-14(18)11-19-22/h2,4-5,11-12H,1,3,6-10,13H2. The largest absolute Gasteiger partial charge is 0.454 e. The summed E-state index contributed by atoms with van der Waals surface area (Å²) >= 11 is 3.36. The number of rotatable bonds is 5. The van der Waals surface area contributed by atoms with E-state index >= 15 is 0 Å². The molecule has 7 heteroatoms. The molecule has 0 unspecified atom stereocenters. The van der Waals surface area contributed by atoms with Gasteiger partial charge in [0.25, 0.3) is 5.91 Å². The zero-order chi connectivity index (χ0) is 16.9. The smallest absolute Gasteiger partial charge is 0.289 e. The first-order valence-electron chi connectivity index (χ1n) is 8.05. The average Bonchev–Trinajstić information content (AvgIpc) is 3.12. The number of carbonyl (C=O) groups excluding carboxylic acids is 1. The molecule has 0 atom stereocenters. The van der Waals surface area contributed by atoms with Crippen molar-refractivity contribution in [1.82, 2.24) is 19.6 Å². The summed E-state index contributed by atoms with van der Waals surface area (Å²) in [5, 5.41) is 4.19. The maximum Gasteiger partial charge on any atom is 0.289 e. The summed E-state index contributed by atoms with van der Waals surface area (Å²) in [5.41, 5.74) is 0. The fraction of sp³-hybridized carbons (Fsp3) is 0.412. The van der Waals surface area contributed by atoms with Crippen molar-refractivity contribution in [1.29, 1.82) is 0 Å². The van der Waals surface area contributed by atoms with Gasteiger partial charge in [-0.05, 0) is 34.5 Å². The molecular weight excluding hydrogens is 372 g/mol. The molecule has 1 saturated heterocycles. The Kier molecular flexibility index (Phi) is 5.52. The van der Waals surface area contributed by atoms with Crippen LogP contribution in [0.2, 0.25) is 0 Å². The maximum atomic E-state index is 12.7. The molecule has 0 saturated carbocycles. The second-order valence-corrected chi connectivity index (χ2v) is 6.77. The highest BCUT2D eigenvalue weighted by Gasteiger charge is 2.22. The molecule has 6 nitrogen and oxygen atoms in total. The zero-order valence-corrected chi connectivity index (χ0v) is 15.1. The highest BCUT2D eigenvalue weighted by atomic mass is 79.9.